The first kappa shape index (κ1) is 24.2. The zero-order chi connectivity index (χ0) is 24.6. The average molecular weight is 471 g/mol. The zero-order valence-corrected chi connectivity index (χ0v) is 19.9. The summed E-state index contributed by atoms with van der Waals surface area (Å²) in [6, 6.07) is 24.0. The minimum atomic E-state index is -0.706. The molecule has 0 atom stereocenters. The summed E-state index contributed by atoms with van der Waals surface area (Å²) in [5, 5.41) is 8.58. The second-order valence-corrected chi connectivity index (χ2v) is 8.41. The second-order valence-electron chi connectivity index (χ2n) is 8.41. The Bertz CT molecular complexity index is 1350. The van der Waals surface area contributed by atoms with E-state index >= 15 is 0 Å². The van der Waals surface area contributed by atoms with E-state index in [1.807, 2.05) is 67.6 Å². The fourth-order valence-electron chi connectivity index (χ4n) is 4.01. The molecule has 1 heterocycles. The number of carbonyl (C=O) groups excluding carboxylic acids is 1. The highest BCUT2D eigenvalue weighted by molar-refractivity contribution is 5.92. The van der Waals surface area contributed by atoms with Crippen molar-refractivity contribution in [2.75, 3.05) is 13.2 Å². The van der Waals surface area contributed by atoms with E-state index in [1.165, 1.54) is 5.56 Å². The quantitative estimate of drug-likeness (QED) is 0.321. The van der Waals surface area contributed by atoms with Crippen LogP contribution in [-0.4, -0.2) is 28.7 Å². The summed E-state index contributed by atoms with van der Waals surface area (Å²) < 4.78 is 13.5. The fourth-order valence-corrected chi connectivity index (χ4v) is 4.01. The first-order valence-corrected chi connectivity index (χ1v) is 11.7. The van der Waals surface area contributed by atoms with Gasteiger partial charge in [-0.25, -0.2) is 4.98 Å². The fraction of sp³-hybridized carbons (Fsp3) is 0.250. The number of nitrogens with zero attached hydrogens (tertiary/aromatic N) is 2. The number of rotatable bonds is 11. The van der Waals surface area contributed by atoms with E-state index in [2.05, 4.69) is 17.1 Å². The number of nitrogens with one attached hydrogen (secondary N) is 1. The predicted molar refractivity (Wildman–Crippen MR) is 135 cm³/mol. The lowest BCUT2D eigenvalue weighted by Crippen LogP contribution is -2.32. The highest BCUT2D eigenvalue weighted by atomic mass is 16.5. The number of hydrogen-bond donors (Lipinski definition) is 2. The van der Waals surface area contributed by atoms with Crippen LogP contribution in [0.5, 0.6) is 5.75 Å². The number of primary amides is 1. The van der Waals surface area contributed by atoms with E-state index < -0.39 is 5.91 Å². The van der Waals surface area contributed by atoms with Crippen molar-refractivity contribution in [3.8, 4) is 5.75 Å². The summed E-state index contributed by atoms with van der Waals surface area (Å²) in [5.74, 6) is -0.00657. The molecule has 3 N–H and O–H groups in total. The van der Waals surface area contributed by atoms with Crippen molar-refractivity contribution in [2.45, 2.75) is 32.9 Å². The number of benzene rings is 3. The van der Waals surface area contributed by atoms with Gasteiger partial charge in [-0.1, -0.05) is 60.7 Å². The summed E-state index contributed by atoms with van der Waals surface area (Å²) in [6.07, 6.45) is 1.66. The molecule has 0 spiro atoms. The van der Waals surface area contributed by atoms with Crippen LogP contribution in [0.2, 0.25) is 0 Å². The van der Waals surface area contributed by atoms with Crippen LogP contribution in [0.1, 0.15) is 33.6 Å². The molecule has 180 valence electrons. The largest absolute Gasteiger partial charge is 0.491 e. The van der Waals surface area contributed by atoms with Crippen molar-refractivity contribution in [1.82, 2.24) is 9.55 Å². The van der Waals surface area contributed by atoms with Crippen LogP contribution in [0.3, 0.4) is 0 Å². The SMILES string of the molecule is Cc1cc2nc(C(N)=O)c(=N)n(CCCc3ccccc3)c2cc1OCCOCc1ccccc1. The van der Waals surface area contributed by atoms with Crippen molar-refractivity contribution < 1.29 is 14.3 Å². The third kappa shape index (κ3) is 6.13. The molecule has 0 bridgehead atoms. The Morgan fingerprint density at radius 2 is 1.69 bits per heavy atom. The Hall–Kier alpha value is -3.97. The Kier molecular flexibility index (Phi) is 7.90. The Morgan fingerprint density at radius 1 is 1.00 bits per heavy atom. The second kappa shape index (κ2) is 11.4. The molecule has 0 saturated heterocycles. The van der Waals surface area contributed by atoms with Crippen LogP contribution >= 0.6 is 0 Å². The molecule has 0 aliphatic heterocycles. The summed E-state index contributed by atoms with van der Waals surface area (Å²) in [4.78, 5) is 16.3. The molecule has 0 unspecified atom stereocenters. The Labute approximate surface area is 204 Å². The monoisotopic (exact) mass is 470 g/mol. The van der Waals surface area contributed by atoms with E-state index in [0.29, 0.717) is 37.6 Å². The lowest BCUT2D eigenvalue weighted by molar-refractivity contribution is 0.0887. The molecule has 0 fully saturated rings. The van der Waals surface area contributed by atoms with E-state index in [-0.39, 0.29) is 11.2 Å². The molecule has 7 nitrogen and oxygen atoms in total. The number of carbonyl (C=O) groups is 1. The predicted octanol–water partition coefficient (Wildman–Crippen LogP) is 4.15. The first-order valence-electron chi connectivity index (χ1n) is 11.7. The smallest absolute Gasteiger partial charge is 0.271 e. The van der Waals surface area contributed by atoms with Crippen molar-refractivity contribution in [1.29, 1.82) is 5.41 Å². The summed E-state index contributed by atoms with van der Waals surface area (Å²) >= 11 is 0. The molecular weight excluding hydrogens is 440 g/mol. The molecule has 1 amide bonds. The highest BCUT2D eigenvalue weighted by Gasteiger charge is 2.15. The van der Waals surface area contributed by atoms with Crippen LogP contribution in [0, 0.1) is 12.3 Å². The Morgan fingerprint density at radius 3 is 2.37 bits per heavy atom. The van der Waals surface area contributed by atoms with Crippen molar-refractivity contribution in [3.63, 3.8) is 0 Å². The molecule has 3 aromatic carbocycles. The van der Waals surface area contributed by atoms with Crippen LogP contribution < -0.4 is 16.0 Å². The molecule has 0 aliphatic carbocycles. The van der Waals surface area contributed by atoms with Gasteiger partial charge in [0.15, 0.2) is 11.2 Å². The number of aryl methyl sites for hydroxylation is 3. The molecule has 0 aliphatic rings. The van der Waals surface area contributed by atoms with Crippen LogP contribution in [0.15, 0.2) is 72.8 Å². The third-order valence-electron chi connectivity index (χ3n) is 5.81. The molecule has 4 aromatic rings. The summed E-state index contributed by atoms with van der Waals surface area (Å²) in [6.45, 7) is 3.86. The number of ether oxygens (including phenoxy) is 2. The standard InChI is InChI=1S/C28H30N4O3/c1-20-17-23-24(18-25(20)35-16-15-34-19-22-11-6-3-7-12-22)32(27(29)26(31-23)28(30)33)14-8-13-21-9-4-2-5-10-21/h2-7,9-12,17-18,29H,8,13-16,19H2,1H3,(H2,30,33). The van der Waals surface area contributed by atoms with Crippen molar-refractivity contribution in [2.24, 2.45) is 5.73 Å². The maximum Gasteiger partial charge on any atom is 0.271 e. The number of amides is 1. The molecule has 1 aromatic heterocycles. The van der Waals surface area contributed by atoms with Gasteiger partial charge in [0.05, 0.1) is 24.2 Å². The summed E-state index contributed by atoms with van der Waals surface area (Å²) in [7, 11) is 0. The Balaban J connectivity index is 1.51. The molecule has 0 saturated carbocycles. The van der Waals surface area contributed by atoms with Gasteiger partial charge in [0.1, 0.15) is 12.4 Å². The normalized spacial score (nSPS) is 11.0. The van der Waals surface area contributed by atoms with E-state index in [0.717, 1.165) is 29.5 Å². The van der Waals surface area contributed by atoms with E-state index in [9.17, 15) is 4.79 Å². The minimum Gasteiger partial charge on any atom is -0.491 e. The van der Waals surface area contributed by atoms with Crippen LogP contribution in [-0.2, 0) is 24.3 Å². The maximum absolute atomic E-state index is 12.0. The van der Waals surface area contributed by atoms with Gasteiger partial charge in [0.2, 0.25) is 0 Å². The van der Waals surface area contributed by atoms with Gasteiger partial charge in [-0.15, -0.1) is 0 Å². The van der Waals surface area contributed by atoms with Gasteiger partial charge in [0, 0.05) is 12.6 Å². The van der Waals surface area contributed by atoms with Crippen molar-refractivity contribution >= 4 is 16.9 Å². The molecule has 4 rings (SSSR count). The first-order chi connectivity index (χ1) is 17.0. The molecule has 0 radical (unpaired) electrons. The van der Waals surface area contributed by atoms with Crippen molar-refractivity contribution in [3.05, 3.63) is 101 Å². The van der Waals surface area contributed by atoms with Crippen LogP contribution in [0.4, 0.5) is 0 Å². The number of nitrogens with two attached hydrogens (primary N) is 1. The highest BCUT2D eigenvalue weighted by Crippen LogP contribution is 2.24. The minimum absolute atomic E-state index is 0.0130. The van der Waals surface area contributed by atoms with Gasteiger partial charge < -0.3 is 19.8 Å². The molecule has 7 heteroatoms. The lowest BCUT2D eigenvalue weighted by atomic mass is 10.1. The lowest BCUT2D eigenvalue weighted by Gasteiger charge is -2.16. The third-order valence-corrected chi connectivity index (χ3v) is 5.81. The number of hydrogen-bond acceptors (Lipinski definition) is 5. The van der Waals surface area contributed by atoms with Gasteiger partial charge in [-0.05, 0) is 42.5 Å². The van der Waals surface area contributed by atoms with Gasteiger partial charge in [-0.3, -0.25) is 10.2 Å². The number of aromatic nitrogens is 2. The van der Waals surface area contributed by atoms with Gasteiger partial charge in [0.25, 0.3) is 5.91 Å². The average Bonchev–Trinajstić information content (AvgIpc) is 2.86. The van der Waals surface area contributed by atoms with Crippen LogP contribution in [0.25, 0.3) is 11.0 Å². The summed E-state index contributed by atoms with van der Waals surface area (Å²) in [5.41, 5.74) is 10.1. The van der Waals surface area contributed by atoms with Gasteiger partial charge in [-0.2, -0.15) is 0 Å². The zero-order valence-electron chi connectivity index (χ0n) is 19.9. The topological polar surface area (TPSA) is 103 Å². The number of fused-ring (bicyclic) bond motifs is 1. The van der Waals surface area contributed by atoms with Gasteiger partial charge >= 0.3 is 0 Å². The van der Waals surface area contributed by atoms with E-state index in [1.54, 1.807) is 4.57 Å². The van der Waals surface area contributed by atoms with E-state index in [4.69, 9.17) is 20.6 Å². The maximum atomic E-state index is 12.0. The molecular formula is C28H30N4O3. The molecule has 35 heavy (non-hydrogen) atoms.